The molecule has 106 valence electrons. The predicted octanol–water partition coefficient (Wildman–Crippen LogP) is 3.72. The molecule has 0 bridgehead atoms. The van der Waals surface area contributed by atoms with Gasteiger partial charge in [0.2, 0.25) is 0 Å². The van der Waals surface area contributed by atoms with Gasteiger partial charge in [-0.05, 0) is 30.2 Å². The number of ketones is 1. The van der Waals surface area contributed by atoms with Crippen LogP contribution in [0.1, 0.15) is 28.6 Å². The Morgan fingerprint density at radius 1 is 1.40 bits per heavy atom. The summed E-state index contributed by atoms with van der Waals surface area (Å²) in [5.41, 5.74) is 7.28. The van der Waals surface area contributed by atoms with Crippen LogP contribution in [0.4, 0.5) is 15.1 Å². The van der Waals surface area contributed by atoms with Gasteiger partial charge in [0.1, 0.15) is 5.82 Å². The first-order valence-corrected chi connectivity index (χ1v) is 7.32. The molecule has 0 amide bonds. The number of nitrogen functional groups attached to an aromatic ring is 1. The van der Waals surface area contributed by atoms with Crippen molar-refractivity contribution in [1.29, 1.82) is 0 Å². The number of thiophene rings is 1. The minimum Gasteiger partial charge on any atom is -0.397 e. The van der Waals surface area contributed by atoms with E-state index in [4.69, 9.17) is 5.73 Å². The average Bonchev–Trinajstić information content (AvgIpc) is 2.79. The summed E-state index contributed by atoms with van der Waals surface area (Å²) in [4.78, 5) is 12.3. The van der Waals surface area contributed by atoms with Crippen LogP contribution in [0.5, 0.6) is 0 Å². The molecule has 0 aliphatic rings. The normalized spacial score (nSPS) is 10.5. The lowest BCUT2D eigenvalue weighted by atomic mass is 10.1. The molecule has 0 aliphatic heterocycles. The molecular weight excluding hydrogens is 275 g/mol. The molecular formula is C15H17FN2OS. The molecule has 1 aromatic carbocycles. The molecule has 0 fully saturated rings. The second-order valence-corrected chi connectivity index (χ2v) is 5.53. The van der Waals surface area contributed by atoms with Gasteiger partial charge in [-0.3, -0.25) is 4.79 Å². The molecule has 3 N–H and O–H groups in total. The highest BCUT2D eigenvalue weighted by atomic mass is 32.1. The SMILES string of the molecule is CCC(=O)c1sc(NCCc2cccc(F)c2)cc1N. The van der Waals surface area contributed by atoms with Gasteiger partial charge in [0, 0.05) is 13.0 Å². The van der Waals surface area contributed by atoms with Crippen LogP contribution in [0.2, 0.25) is 0 Å². The molecule has 1 aromatic heterocycles. The maximum absolute atomic E-state index is 13.0. The van der Waals surface area contributed by atoms with Crippen LogP contribution in [-0.4, -0.2) is 12.3 Å². The van der Waals surface area contributed by atoms with Crippen LogP contribution in [0.15, 0.2) is 30.3 Å². The van der Waals surface area contributed by atoms with Crippen LogP contribution in [0.25, 0.3) is 0 Å². The summed E-state index contributed by atoms with van der Waals surface area (Å²) in [6, 6.07) is 8.32. The van der Waals surface area contributed by atoms with Crippen molar-refractivity contribution in [2.45, 2.75) is 19.8 Å². The summed E-state index contributed by atoms with van der Waals surface area (Å²) >= 11 is 1.37. The first-order chi connectivity index (χ1) is 9.60. The van der Waals surface area contributed by atoms with E-state index in [9.17, 15) is 9.18 Å². The van der Waals surface area contributed by atoms with Gasteiger partial charge in [0.05, 0.1) is 15.6 Å². The number of carbonyl (C=O) groups is 1. The third kappa shape index (κ3) is 3.57. The van der Waals surface area contributed by atoms with E-state index in [0.717, 1.165) is 10.6 Å². The summed E-state index contributed by atoms with van der Waals surface area (Å²) in [5.74, 6) is -0.163. The zero-order chi connectivity index (χ0) is 14.5. The number of hydrogen-bond donors (Lipinski definition) is 2. The number of anilines is 2. The van der Waals surface area contributed by atoms with Crippen molar-refractivity contribution < 1.29 is 9.18 Å². The molecule has 2 aromatic rings. The lowest BCUT2D eigenvalue weighted by Gasteiger charge is -2.03. The number of Topliss-reactive ketones (excluding diaryl/α,β-unsaturated/α-hetero) is 1. The summed E-state index contributed by atoms with van der Waals surface area (Å²) in [6.07, 6.45) is 1.17. The van der Waals surface area contributed by atoms with E-state index in [1.165, 1.54) is 23.5 Å². The highest BCUT2D eigenvalue weighted by molar-refractivity contribution is 7.18. The third-order valence-electron chi connectivity index (χ3n) is 2.94. The molecule has 0 spiro atoms. The van der Waals surface area contributed by atoms with Gasteiger partial charge in [-0.2, -0.15) is 0 Å². The van der Waals surface area contributed by atoms with Crippen LogP contribution in [0.3, 0.4) is 0 Å². The summed E-state index contributed by atoms with van der Waals surface area (Å²) < 4.78 is 13.0. The Hall–Kier alpha value is -1.88. The lowest BCUT2D eigenvalue weighted by molar-refractivity contribution is 0.0993. The minimum absolute atomic E-state index is 0.0608. The Bertz CT molecular complexity index is 610. The van der Waals surface area contributed by atoms with E-state index in [1.54, 1.807) is 12.1 Å². The fourth-order valence-electron chi connectivity index (χ4n) is 1.89. The summed E-state index contributed by atoms with van der Waals surface area (Å²) in [6.45, 7) is 2.49. The Kier molecular flexibility index (Phi) is 4.74. The van der Waals surface area contributed by atoms with E-state index in [1.807, 2.05) is 13.0 Å². The van der Waals surface area contributed by atoms with Crippen LogP contribution in [0, 0.1) is 5.82 Å². The number of halogens is 1. The zero-order valence-corrected chi connectivity index (χ0v) is 12.1. The number of nitrogens with one attached hydrogen (secondary N) is 1. The second-order valence-electron chi connectivity index (χ2n) is 4.48. The standard InChI is InChI=1S/C15H17FN2OS/c1-2-13(19)15-12(17)9-14(20-15)18-7-6-10-4-3-5-11(16)8-10/h3-5,8-9,18H,2,6-7,17H2,1H3. The van der Waals surface area contributed by atoms with E-state index in [-0.39, 0.29) is 11.6 Å². The molecule has 3 nitrogen and oxygen atoms in total. The number of carbonyl (C=O) groups excluding carboxylic acids is 1. The first-order valence-electron chi connectivity index (χ1n) is 6.51. The van der Waals surface area contributed by atoms with Gasteiger partial charge in [0.25, 0.3) is 0 Å². The number of hydrogen-bond acceptors (Lipinski definition) is 4. The fraction of sp³-hybridized carbons (Fsp3) is 0.267. The van der Waals surface area contributed by atoms with Crippen molar-refractivity contribution in [2.24, 2.45) is 0 Å². The van der Waals surface area contributed by atoms with Crippen LogP contribution in [-0.2, 0) is 6.42 Å². The monoisotopic (exact) mass is 292 g/mol. The molecule has 0 atom stereocenters. The average molecular weight is 292 g/mol. The highest BCUT2D eigenvalue weighted by Gasteiger charge is 2.12. The van der Waals surface area contributed by atoms with Gasteiger partial charge < -0.3 is 11.1 Å². The molecule has 0 aliphatic carbocycles. The second kappa shape index (κ2) is 6.52. The molecule has 5 heteroatoms. The quantitative estimate of drug-likeness (QED) is 0.798. The maximum atomic E-state index is 13.0. The largest absolute Gasteiger partial charge is 0.397 e. The Morgan fingerprint density at radius 3 is 2.90 bits per heavy atom. The molecule has 0 saturated carbocycles. The van der Waals surface area contributed by atoms with E-state index in [0.29, 0.717) is 30.0 Å². The number of nitrogens with two attached hydrogens (primary N) is 1. The summed E-state index contributed by atoms with van der Waals surface area (Å²) in [5, 5.41) is 4.09. The van der Waals surface area contributed by atoms with E-state index < -0.39 is 0 Å². The highest BCUT2D eigenvalue weighted by Crippen LogP contribution is 2.30. The van der Waals surface area contributed by atoms with E-state index in [2.05, 4.69) is 5.32 Å². The predicted molar refractivity (Wildman–Crippen MR) is 81.9 cm³/mol. The Morgan fingerprint density at radius 2 is 2.20 bits per heavy atom. The maximum Gasteiger partial charge on any atom is 0.174 e. The van der Waals surface area contributed by atoms with Gasteiger partial charge >= 0.3 is 0 Å². The topological polar surface area (TPSA) is 55.1 Å². The van der Waals surface area contributed by atoms with Gasteiger partial charge in [-0.25, -0.2) is 4.39 Å². The van der Waals surface area contributed by atoms with E-state index >= 15 is 0 Å². The van der Waals surface area contributed by atoms with Gasteiger partial charge in [-0.15, -0.1) is 11.3 Å². The van der Waals surface area contributed by atoms with Crippen LogP contribution >= 0.6 is 11.3 Å². The molecule has 0 unspecified atom stereocenters. The molecule has 0 saturated heterocycles. The molecule has 2 rings (SSSR count). The Balaban J connectivity index is 1.93. The van der Waals surface area contributed by atoms with Crippen LogP contribution < -0.4 is 11.1 Å². The third-order valence-corrected chi connectivity index (χ3v) is 4.09. The molecule has 1 heterocycles. The van der Waals surface area contributed by atoms with Gasteiger partial charge in [-0.1, -0.05) is 19.1 Å². The van der Waals surface area contributed by atoms with Crippen molar-refractivity contribution in [3.63, 3.8) is 0 Å². The number of rotatable bonds is 6. The van der Waals surface area contributed by atoms with Crippen molar-refractivity contribution >= 4 is 27.8 Å². The molecule has 20 heavy (non-hydrogen) atoms. The Labute approximate surface area is 121 Å². The van der Waals surface area contributed by atoms with Crippen molar-refractivity contribution in [1.82, 2.24) is 0 Å². The number of benzene rings is 1. The fourth-order valence-corrected chi connectivity index (χ4v) is 2.91. The molecule has 0 radical (unpaired) electrons. The smallest absolute Gasteiger partial charge is 0.174 e. The first kappa shape index (κ1) is 14.5. The van der Waals surface area contributed by atoms with Gasteiger partial charge in [0.15, 0.2) is 5.78 Å². The van der Waals surface area contributed by atoms with Crippen molar-refractivity contribution in [3.8, 4) is 0 Å². The van der Waals surface area contributed by atoms with Crippen molar-refractivity contribution in [3.05, 3.63) is 46.6 Å². The van der Waals surface area contributed by atoms with Crippen molar-refractivity contribution in [2.75, 3.05) is 17.6 Å². The minimum atomic E-state index is -0.223. The zero-order valence-electron chi connectivity index (χ0n) is 11.3. The lowest BCUT2D eigenvalue weighted by Crippen LogP contribution is -2.03. The summed E-state index contributed by atoms with van der Waals surface area (Å²) in [7, 11) is 0.